The molecule has 0 spiro atoms. The van der Waals surface area contributed by atoms with E-state index in [-0.39, 0.29) is 25.8 Å². The number of aromatic nitrogens is 3. The van der Waals surface area contributed by atoms with Crippen LogP contribution in [0, 0.1) is 6.92 Å². The third-order valence-electron chi connectivity index (χ3n) is 6.73. The maximum absolute atomic E-state index is 13.7. The van der Waals surface area contributed by atoms with E-state index in [4.69, 9.17) is 14.6 Å². The minimum Gasteiger partial charge on any atom is -0.464 e. The lowest BCUT2D eigenvalue weighted by atomic mass is 10.1. The summed E-state index contributed by atoms with van der Waals surface area (Å²) in [6.45, 7) is 5.65. The number of hydrogen-bond donors (Lipinski definition) is 0. The van der Waals surface area contributed by atoms with Crippen LogP contribution in [-0.2, 0) is 30.4 Å². The van der Waals surface area contributed by atoms with Gasteiger partial charge in [-0.3, -0.25) is 9.80 Å². The molecule has 4 heterocycles. The highest BCUT2D eigenvalue weighted by atomic mass is 32.1. The van der Waals surface area contributed by atoms with Gasteiger partial charge in [-0.1, -0.05) is 46.8 Å². The first-order chi connectivity index (χ1) is 19.9. The molecular formula is C27H30N8O5S. The lowest BCUT2D eigenvalue weighted by Gasteiger charge is -2.26. The average Bonchev–Trinajstić information content (AvgIpc) is 3.77. The summed E-state index contributed by atoms with van der Waals surface area (Å²) in [6, 6.07) is 11.0. The minimum absolute atomic E-state index is 0.0944. The number of thiophene rings is 1. The van der Waals surface area contributed by atoms with Crippen LogP contribution in [0.3, 0.4) is 0 Å². The van der Waals surface area contributed by atoms with E-state index < -0.39 is 29.9 Å². The van der Waals surface area contributed by atoms with Gasteiger partial charge in [-0.15, -0.1) is 16.4 Å². The zero-order valence-corrected chi connectivity index (χ0v) is 23.7. The molecule has 2 aliphatic rings. The Bertz CT molecular complexity index is 1460. The third kappa shape index (κ3) is 5.87. The molecule has 3 atom stereocenters. The number of hydrogen-bond acceptors (Lipinski definition) is 12. The molecule has 0 radical (unpaired) electrons. The molecule has 0 saturated heterocycles. The van der Waals surface area contributed by atoms with Gasteiger partial charge in [-0.2, -0.15) is 10.2 Å². The first kappa shape index (κ1) is 28.1. The van der Waals surface area contributed by atoms with Crippen LogP contribution in [0.2, 0.25) is 0 Å². The highest BCUT2D eigenvalue weighted by Crippen LogP contribution is 2.36. The zero-order valence-electron chi connectivity index (χ0n) is 22.9. The molecule has 0 N–H and O–H groups in total. The van der Waals surface area contributed by atoms with Crippen molar-refractivity contribution in [3.8, 4) is 0 Å². The first-order valence-electron chi connectivity index (χ1n) is 13.3. The van der Waals surface area contributed by atoms with E-state index in [1.165, 1.54) is 21.4 Å². The van der Waals surface area contributed by atoms with E-state index in [0.717, 1.165) is 16.1 Å². The van der Waals surface area contributed by atoms with Crippen LogP contribution in [0.15, 0.2) is 63.3 Å². The molecule has 3 aromatic rings. The molecule has 41 heavy (non-hydrogen) atoms. The summed E-state index contributed by atoms with van der Waals surface area (Å²) >= 11 is 1.51. The maximum atomic E-state index is 13.7. The van der Waals surface area contributed by atoms with Gasteiger partial charge < -0.3 is 9.47 Å². The summed E-state index contributed by atoms with van der Waals surface area (Å²) in [4.78, 5) is 39.9. The highest BCUT2D eigenvalue weighted by molar-refractivity contribution is 7.10. The highest BCUT2D eigenvalue weighted by Gasteiger charge is 2.47. The lowest BCUT2D eigenvalue weighted by molar-refractivity contribution is -0.156. The van der Waals surface area contributed by atoms with Gasteiger partial charge >= 0.3 is 11.9 Å². The molecule has 13 nitrogen and oxygen atoms in total. The van der Waals surface area contributed by atoms with Gasteiger partial charge in [-0.05, 0) is 37.8 Å². The van der Waals surface area contributed by atoms with E-state index in [9.17, 15) is 14.4 Å². The van der Waals surface area contributed by atoms with Crippen LogP contribution < -0.4 is 0 Å². The molecule has 214 valence electrons. The van der Waals surface area contributed by atoms with Crippen LogP contribution in [0.5, 0.6) is 0 Å². The van der Waals surface area contributed by atoms with Crippen LogP contribution >= 0.6 is 11.3 Å². The molecule has 2 aromatic heterocycles. The van der Waals surface area contributed by atoms with Crippen molar-refractivity contribution in [1.82, 2.24) is 25.0 Å². The number of rotatable bonds is 10. The van der Waals surface area contributed by atoms with Crippen molar-refractivity contribution in [3.63, 3.8) is 0 Å². The second-order valence-corrected chi connectivity index (χ2v) is 10.4. The summed E-state index contributed by atoms with van der Waals surface area (Å²) in [6.07, 6.45) is 0.436. The van der Waals surface area contributed by atoms with E-state index in [2.05, 4.69) is 20.6 Å². The topological polar surface area (TPSA) is 144 Å². The van der Waals surface area contributed by atoms with Gasteiger partial charge in [0.2, 0.25) is 6.04 Å². The number of hydrazone groups is 1. The van der Waals surface area contributed by atoms with Crippen molar-refractivity contribution in [2.45, 2.75) is 51.9 Å². The van der Waals surface area contributed by atoms with Crippen molar-refractivity contribution in [1.29, 1.82) is 0 Å². The average molecular weight is 579 g/mol. The Hall–Kier alpha value is -4.46. The smallest absolute Gasteiger partial charge is 0.335 e. The Morgan fingerprint density at radius 3 is 2.49 bits per heavy atom. The monoisotopic (exact) mass is 578 g/mol. The van der Waals surface area contributed by atoms with Crippen molar-refractivity contribution in [2.75, 3.05) is 19.8 Å². The molecule has 0 aliphatic carbocycles. The van der Waals surface area contributed by atoms with Gasteiger partial charge in [0, 0.05) is 11.3 Å². The van der Waals surface area contributed by atoms with Crippen molar-refractivity contribution in [2.24, 2.45) is 15.4 Å². The molecule has 2 aliphatic heterocycles. The van der Waals surface area contributed by atoms with Crippen molar-refractivity contribution in [3.05, 3.63) is 69.7 Å². The van der Waals surface area contributed by atoms with Crippen LogP contribution in [0.4, 0.5) is 0 Å². The lowest BCUT2D eigenvalue weighted by Crippen LogP contribution is -2.49. The summed E-state index contributed by atoms with van der Waals surface area (Å²) in [7, 11) is 0. The molecule has 0 saturated carbocycles. The van der Waals surface area contributed by atoms with Gasteiger partial charge in [-0.25, -0.2) is 19.3 Å². The fourth-order valence-electron chi connectivity index (χ4n) is 4.75. The molecule has 0 bridgehead atoms. The molecule has 0 fully saturated rings. The number of carbonyl (C=O) groups excluding carboxylic acids is 3. The number of nitrogens with zero attached hydrogens (tertiary/aromatic N) is 8. The predicted molar refractivity (Wildman–Crippen MR) is 148 cm³/mol. The largest absolute Gasteiger partial charge is 0.464 e. The summed E-state index contributed by atoms with van der Waals surface area (Å²) in [5, 5.41) is 25.8. The fourth-order valence-corrected chi connectivity index (χ4v) is 5.56. The third-order valence-corrected chi connectivity index (χ3v) is 7.71. The Labute approximate surface area is 240 Å². The fraction of sp³-hybridized carbons (Fsp3) is 0.407. The predicted octanol–water partition coefficient (Wildman–Crippen LogP) is 2.92. The van der Waals surface area contributed by atoms with E-state index in [1.54, 1.807) is 13.8 Å². The number of ether oxygens (including phenoxy) is 2. The first-order valence-corrected chi connectivity index (χ1v) is 14.2. The Kier molecular flexibility index (Phi) is 8.47. The Balaban J connectivity index is 1.39. The van der Waals surface area contributed by atoms with Gasteiger partial charge in [0.05, 0.1) is 37.2 Å². The van der Waals surface area contributed by atoms with Crippen molar-refractivity contribution < 1.29 is 23.9 Å². The number of carbonyl (C=O) groups is 3. The number of benzene rings is 1. The zero-order chi connectivity index (χ0) is 28.9. The van der Waals surface area contributed by atoms with Crippen LogP contribution in [0.25, 0.3) is 0 Å². The van der Waals surface area contributed by atoms with Gasteiger partial charge in [0.15, 0.2) is 6.04 Å². The van der Waals surface area contributed by atoms with E-state index in [0.29, 0.717) is 24.4 Å². The Morgan fingerprint density at radius 2 is 1.78 bits per heavy atom. The van der Waals surface area contributed by atoms with Gasteiger partial charge in [0.1, 0.15) is 12.2 Å². The molecular weight excluding hydrogens is 548 g/mol. The molecule has 1 aromatic carbocycles. The van der Waals surface area contributed by atoms with Crippen LogP contribution in [0.1, 0.15) is 48.1 Å². The minimum atomic E-state index is -1.23. The molecule has 1 amide bonds. The Morgan fingerprint density at radius 1 is 1.02 bits per heavy atom. The van der Waals surface area contributed by atoms with Crippen LogP contribution in [-0.4, -0.2) is 80.4 Å². The quantitative estimate of drug-likeness (QED) is 0.334. The van der Waals surface area contributed by atoms with E-state index >= 15 is 0 Å². The van der Waals surface area contributed by atoms with Crippen molar-refractivity contribution >= 4 is 34.9 Å². The second-order valence-electron chi connectivity index (χ2n) is 9.38. The normalized spacial score (nSPS) is 19.9. The SMILES string of the molecule is CCOC(=O)C1N=NN(CC(=O)N2N=C(c3nnn(Cc4ccccc4)c3C)CC2c2cccs2)C1C(=O)OCC. The molecule has 3 unspecified atom stereocenters. The second kappa shape index (κ2) is 12.4. The number of amides is 1. The molecule has 14 heteroatoms. The maximum Gasteiger partial charge on any atom is 0.335 e. The summed E-state index contributed by atoms with van der Waals surface area (Å²) < 4.78 is 12.0. The summed E-state index contributed by atoms with van der Waals surface area (Å²) in [5.74, 6) is -1.85. The summed E-state index contributed by atoms with van der Waals surface area (Å²) in [5.41, 5.74) is 3.17. The standard InChI is InChI=1S/C27H30N8O5S/c1-4-39-26(37)24-25(27(38)40-5-2)34(32-29-24)16-22(36)35-20(21-12-9-13-41-21)14-19(30-35)23-17(3)33(31-28-23)15-18-10-7-6-8-11-18/h6-13,20,24-25H,4-5,14-16H2,1-3H3. The number of esters is 2. The van der Waals surface area contributed by atoms with Gasteiger partial charge in [0.25, 0.3) is 5.91 Å². The molecule has 5 rings (SSSR count). The van der Waals surface area contributed by atoms with E-state index in [1.807, 2.05) is 59.5 Å².